The monoisotopic (exact) mass is 418 g/mol. The summed E-state index contributed by atoms with van der Waals surface area (Å²) in [7, 11) is 0. The summed E-state index contributed by atoms with van der Waals surface area (Å²) in [6.45, 7) is 2.85. The first kappa shape index (κ1) is 21.3. The molecule has 0 saturated carbocycles. The van der Waals surface area contributed by atoms with E-state index in [4.69, 9.17) is 4.52 Å². The van der Waals surface area contributed by atoms with Crippen molar-refractivity contribution in [3.63, 3.8) is 0 Å². The standard InChI is InChI=1S/C21H26N4O3.ClH/c26-20(17-9-4-10-22-17)23-13-15-6-5-11-25(14-15)21(27)18-12-19(28-24-18)16-7-2-1-3-8-16;/h1-3,7-8,12,15,17,22H,4-6,9-11,13-14H2,(H,23,26);1H. The number of carbonyl (C=O) groups excluding carboxylic acids is 2. The van der Waals surface area contributed by atoms with Gasteiger partial charge in [-0.15, -0.1) is 12.4 Å². The SMILES string of the molecule is Cl.O=C(NCC1CCCN(C(=O)c2cc(-c3ccccc3)on2)C1)C1CCCN1. The number of likely N-dealkylation sites (tertiary alicyclic amines) is 1. The van der Waals surface area contributed by atoms with E-state index in [1.807, 2.05) is 35.2 Å². The highest BCUT2D eigenvalue weighted by Crippen LogP contribution is 2.22. The van der Waals surface area contributed by atoms with Gasteiger partial charge in [-0.1, -0.05) is 35.5 Å². The lowest BCUT2D eigenvalue weighted by Gasteiger charge is -2.32. The molecule has 7 nitrogen and oxygen atoms in total. The lowest BCUT2D eigenvalue weighted by molar-refractivity contribution is -0.123. The summed E-state index contributed by atoms with van der Waals surface area (Å²) < 4.78 is 5.36. The molecular weight excluding hydrogens is 392 g/mol. The highest BCUT2D eigenvalue weighted by Gasteiger charge is 2.28. The van der Waals surface area contributed by atoms with Crippen LogP contribution in [-0.2, 0) is 4.79 Å². The molecule has 156 valence electrons. The molecule has 3 heterocycles. The van der Waals surface area contributed by atoms with Crippen molar-refractivity contribution in [3.8, 4) is 11.3 Å². The topological polar surface area (TPSA) is 87.5 Å². The largest absolute Gasteiger partial charge is 0.355 e. The van der Waals surface area contributed by atoms with Gasteiger partial charge in [0.1, 0.15) is 0 Å². The molecule has 2 unspecified atom stereocenters. The van der Waals surface area contributed by atoms with E-state index in [2.05, 4.69) is 15.8 Å². The zero-order valence-electron chi connectivity index (χ0n) is 16.3. The van der Waals surface area contributed by atoms with Crippen molar-refractivity contribution < 1.29 is 14.1 Å². The molecule has 2 aliphatic heterocycles. The molecule has 2 aromatic rings. The number of benzene rings is 1. The van der Waals surface area contributed by atoms with Gasteiger partial charge in [-0.05, 0) is 38.1 Å². The molecule has 0 bridgehead atoms. The molecule has 1 aromatic carbocycles. The summed E-state index contributed by atoms with van der Waals surface area (Å²) in [6, 6.07) is 11.3. The normalized spacial score (nSPS) is 21.4. The van der Waals surface area contributed by atoms with Gasteiger partial charge in [0, 0.05) is 31.3 Å². The Kier molecular flexibility index (Phi) is 7.28. The molecule has 4 rings (SSSR count). The Hall–Kier alpha value is -2.38. The number of hydrogen-bond donors (Lipinski definition) is 2. The molecule has 1 aromatic heterocycles. The van der Waals surface area contributed by atoms with Crippen LogP contribution in [0.25, 0.3) is 11.3 Å². The molecular formula is C21H27ClN4O3. The van der Waals surface area contributed by atoms with E-state index >= 15 is 0 Å². The van der Waals surface area contributed by atoms with Crippen molar-refractivity contribution in [1.82, 2.24) is 20.7 Å². The minimum Gasteiger partial charge on any atom is -0.355 e. The molecule has 29 heavy (non-hydrogen) atoms. The highest BCUT2D eigenvalue weighted by molar-refractivity contribution is 5.93. The van der Waals surface area contributed by atoms with Crippen LogP contribution in [0.4, 0.5) is 0 Å². The van der Waals surface area contributed by atoms with Gasteiger partial charge in [0.2, 0.25) is 5.91 Å². The maximum atomic E-state index is 12.8. The second-order valence-corrected chi connectivity index (χ2v) is 7.60. The first-order chi connectivity index (χ1) is 13.7. The van der Waals surface area contributed by atoms with Crippen LogP contribution in [0, 0.1) is 5.92 Å². The summed E-state index contributed by atoms with van der Waals surface area (Å²) in [5.41, 5.74) is 1.23. The number of carbonyl (C=O) groups is 2. The summed E-state index contributed by atoms with van der Waals surface area (Å²) in [5.74, 6) is 0.821. The molecule has 2 saturated heterocycles. The Bertz CT molecular complexity index is 820. The average molecular weight is 419 g/mol. The fourth-order valence-electron chi connectivity index (χ4n) is 3.97. The molecule has 0 radical (unpaired) electrons. The minimum atomic E-state index is -0.112. The second kappa shape index (κ2) is 9.89. The van der Waals surface area contributed by atoms with Crippen molar-refractivity contribution in [2.24, 2.45) is 5.92 Å². The number of piperidine rings is 1. The third kappa shape index (κ3) is 5.16. The van der Waals surface area contributed by atoms with E-state index in [1.54, 1.807) is 6.07 Å². The smallest absolute Gasteiger partial charge is 0.276 e. The average Bonchev–Trinajstić information content (AvgIpc) is 3.45. The fraction of sp³-hybridized carbons (Fsp3) is 0.476. The lowest BCUT2D eigenvalue weighted by Crippen LogP contribution is -2.46. The van der Waals surface area contributed by atoms with E-state index in [-0.39, 0.29) is 36.2 Å². The van der Waals surface area contributed by atoms with Gasteiger partial charge < -0.3 is 20.1 Å². The quantitative estimate of drug-likeness (QED) is 0.778. The van der Waals surface area contributed by atoms with Gasteiger partial charge in [0.05, 0.1) is 6.04 Å². The lowest BCUT2D eigenvalue weighted by atomic mass is 9.97. The van der Waals surface area contributed by atoms with E-state index in [9.17, 15) is 9.59 Å². The maximum absolute atomic E-state index is 12.8. The van der Waals surface area contributed by atoms with Crippen LogP contribution in [0.5, 0.6) is 0 Å². The van der Waals surface area contributed by atoms with Crippen molar-refractivity contribution in [1.29, 1.82) is 0 Å². The number of hydrogen-bond acceptors (Lipinski definition) is 5. The van der Waals surface area contributed by atoms with Crippen LogP contribution in [0.1, 0.15) is 36.2 Å². The van der Waals surface area contributed by atoms with Crippen LogP contribution in [0.3, 0.4) is 0 Å². The Morgan fingerprint density at radius 3 is 2.79 bits per heavy atom. The third-order valence-electron chi connectivity index (χ3n) is 5.54. The summed E-state index contributed by atoms with van der Waals surface area (Å²) in [5, 5.41) is 10.2. The van der Waals surface area contributed by atoms with Crippen LogP contribution >= 0.6 is 12.4 Å². The van der Waals surface area contributed by atoms with Crippen LogP contribution in [0.2, 0.25) is 0 Å². The van der Waals surface area contributed by atoms with Crippen molar-refractivity contribution in [3.05, 3.63) is 42.1 Å². The van der Waals surface area contributed by atoms with Crippen molar-refractivity contribution in [2.75, 3.05) is 26.2 Å². The molecule has 2 fully saturated rings. The number of aromatic nitrogens is 1. The molecule has 0 spiro atoms. The predicted octanol–water partition coefficient (Wildman–Crippen LogP) is 2.48. The summed E-state index contributed by atoms with van der Waals surface area (Å²) in [6.07, 6.45) is 3.89. The van der Waals surface area contributed by atoms with E-state index < -0.39 is 0 Å². The number of nitrogens with zero attached hydrogens (tertiary/aromatic N) is 2. The third-order valence-corrected chi connectivity index (χ3v) is 5.54. The summed E-state index contributed by atoms with van der Waals surface area (Å²) >= 11 is 0. The first-order valence-corrected chi connectivity index (χ1v) is 10.0. The van der Waals surface area contributed by atoms with Gasteiger partial charge in [0.25, 0.3) is 5.91 Å². The number of amides is 2. The van der Waals surface area contributed by atoms with Crippen molar-refractivity contribution >= 4 is 24.2 Å². The molecule has 2 aliphatic rings. The predicted molar refractivity (Wildman–Crippen MR) is 112 cm³/mol. The van der Waals surface area contributed by atoms with E-state index in [1.165, 1.54) is 0 Å². The first-order valence-electron chi connectivity index (χ1n) is 10.0. The van der Waals surface area contributed by atoms with Crippen molar-refractivity contribution in [2.45, 2.75) is 31.7 Å². The second-order valence-electron chi connectivity index (χ2n) is 7.60. The van der Waals surface area contributed by atoms with E-state index in [0.717, 1.165) is 37.8 Å². The number of rotatable bonds is 5. The number of nitrogens with one attached hydrogen (secondary N) is 2. The Morgan fingerprint density at radius 2 is 2.03 bits per heavy atom. The Morgan fingerprint density at radius 1 is 1.21 bits per heavy atom. The fourth-order valence-corrected chi connectivity index (χ4v) is 3.97. The van der Waals surface area contributed by atoms with Gasteiger partial charge in [0.15, 0.2) is 11.5 Å². The van der Waals surface area contributed by atoms with Gasteiger partial charge in [-0.3, -0.25) is 9.59 Å². The molecule has 2 N–H and O–H groups in total. The maximum Gasteiger partial charge on any atom is 0.276 e. The molecule has 2 atom stereocenters. The van der Waals surface area contributed by atoms with Gasteiger partial charge in [-0.2, -0.15) is 0 Å². The zero-order valence-corrected chi connectivity index (χ0v) is 17.1. The summed E-state index contributed by atoms with van der Waals surface area (Å²) in [4.78, 5) is 26.8. The van der Waals surface area contributed by atoms with Gasteiger partial charge in [-0.25, -0.2) is 0 Å². The number of halogens is 1. The molecule has 8 heteroatoms. The Balaban J connectivity index is 0.00000240. The van der Waals surface area contributed by atoms with E-state index in [0.29, 0.717) is 31.1 Å². The molecule has 0 aliphatic carbocycles. The Labute approximate surface area is 176 Å². The molecule has 2 amide bonds. The van der Waals surface area contributed by atoms with Crippen LogP contribution in [0.15, 0.2) is 40.9 Å². The zero-order chi connectivity index (χ0) is 19.3. The minimum absolute atomic E-state index is 0. The van der Waals surface area contributed by atoms with Crippen LogP contribution in [-0.4, -0.2) is 54.1 Å². The van der Waals surface area contributed by atoms with Gasteiger partial charge >= 0.3 is 0 Å². The van der Waals surface area contributed by atoms with Crippen LogP contribution < -0.4 is 10.6 Å². The highest BCUT2D eigenvalue weighted by atomic mass is 35.5.